The zero-order valence-electron chi connectivity index (χ0n) is 16.4. The molecule has 0 radical (unpaired) electrons. The summed E-state index contributed by atoms with van der Waals surface area (Å²) >= 11 is 1.24. The lowest BCUT2D eigenvalue weighted by atomic mass is 9.97. The van der Waals surface area contributed by atoms with Crippen LogP contribution in [0.5, 0.6) is 0 Å². The van der Waals surface area contributed by atoms with Gasteiger partial charge in [-0.2, -0.15) is 0 Å². The number of benzene rings is 3. The van der Waals surface area contributed by atoms with Crippen molar-refractivity contribution in [3.05, 3.63) is 91.5 Å². The molecule has 1 aliphatic carbocycles. The summed E-state index contributed by atoms with van der Waals surface area (Å²) in [5.74, 6) is -0.655. The number of non-ortho nitro benzene ring substituents is 2. The number of nitrogens with zero attached hydrogens (tertiary/aromatic N) is 4. The van der Waals surface area contributed by atoms with E-state index in [-0.39, 0.29) is 33.7 Å². The number of hydrogen-bond acceptors (Lipinski definition) is 9. The van der Waals surface area contributed by atoms with E-state index in [9.17, 15) is 30.2 Å². The second-order valence-corrected chi connectivity index (χ2v) is 8.08. The van der Waals surface area contributed by atoms with Crippen LogP contribution in [-0.2, 0) is 0 Å². The second-order valence-electron chi connectivity index (χ2n) is 7.05. The smallest absolute Gasteiger partial charge is 0.270 e. The maximum Gasteiger partial charge on any atom is 0.270 e. The lowest BCUT2D eigenvalue weighted by Crippen LogP contribution is -2.14. The van der Waals surface area contributed by atoms with Crippen LogP contribution in [0, 0.1) is 20.2 Å². The Morgan fingerprint density at radius 2 is 1.70 bits per heavy atom. The molecule has 0 aliphatic heterocycles. The van der Waals surface area contributed by atoms with E-state index in [1.165, 1.54) is 35.6 Å². The van der Waals surface area contributed by atoms with Crippen molar-refractivity contribution in [1.29, 1.82) is 0 Å². The fraction of sp³-hybridized carbons (Fsp3) is 0. The first-order valence-corrected chi connectivity index (χ1v) is 10.2. The number of rotatable bonds is 4. The van der Waals surface area contributed by atoms with Crippen LogP contribution in [0.25, 0.3) is 21.3 Å². The highest BCUT2D eigenvalue weighted by Gasteiger charge is 2.34. The molecule has 11 nitrogen and oxygen atoms in total. The first-order valence-electron chi connectivity index (χ1n) is 9.38. The number of para-hydroxylation sites is 1. The van der Waals surface area contributed by atoms with Crippen LogP contribution in [0.2, 0.25) is 0 Å². The van der Waals surface area contributed by atoms with Gasteiger partial charge in [0.15, 0.2) is 5.13 Å². The summed E-state index contributed by atoms with van der Waals surface area (Å²) in [6.45, 7) is 0. The topological polar surface area (TPSA) is 161 Å². The van der Waals surface area contributed by atoms with Gasteiger partial charge in [0, 0.05) is 41.0 Å². The predicted octanol–water partition coefficient (Wildman–Crippen LogP) is 4.57. The monoisotopic (exact) mass is 461 g/mol. The molecule has 0 spiro atoms. The molecule has 1 heterocycles. The summed E-state index contributed by atoms with van der Waals surface area (Å²) in [6.07, 6.45) is 0. The van der Waals surface area contributed by atoms with E-state index in [1.54, 1.807) is 6.07 Å². The van der Waals surface area contributed by atoms with Crippen LogP contribution in [-0.4, -0.2) is 31.7 Å². The number of nitrogens with one attached hydrogen (secondary N) is 1. The maximum atomic E-state index is 13.2. The molecule has 162 valence electrons. The van der Waals surface area contributed by atoms with E-state index in [0.717, 1.165) is 10.8 Å². The molecular formula is C21H11N5O6S. The number of nitro groups is 2. The van der Waals surface area contributed by atoms with Crippen LogP contribution < -0.4 is 5.32 Å². The molecule has 0 fully saturated rings. The van der Waals surface area contributed by atoms with Gasteiger partial charge < -0.3 is 5.21 Å². The summed E-state index contributed by atoms with van der Waals surface area (Å²) in [4.78, 5) is 39.0. The summed E-state index contributed by atoms with van der Waals surface area (Å²) in [5.41, 5.74) is 0.866. The van der Waals surface area contributed by atoms with Gasteiger partial charge >= 0.3 is 0 Å². The number of carbonyl (C=O) groups is 1. The summed E-state index contributed by atoms with van der Waals surface area (Å²) in [6, 6.07) is 13.5. The summed E-state index contributed by atoms with van der Waals surface area (Å²) < 4.78 is 0.851. The minimum absolute atomic E-state index is 0.0489. The second kappa shape index (κ2) is 7.46. The number of anilines is 1. The van der Waals surface area contributed by atoms with Gasteiger partial charge in [-0.3, -0.25) is 30.3 Å². The highest BCUT2D eigenvalue weighted by Crippen LogP contribution is 2.43. The minimum atomic E-state index is -0.671. The molecule has 5 rings (SSSR count). The molecule has 2 N–H and O–H groups in total. The average molecular weight is 461 g/mol. The number of hydrogen-bond donors (Lipinski definition) is 2. The third kappa shape index (κ3) is 3.25. The van der Waals surface area contributed by atoms with Crippen molar-refractivity contribution in [2.45, 2.75) is 0 Å². The Morgan fingerprint density at radius 1 is 0.970 bits per heavy atom. The molecule has 3 aromatic carbocycles. The van der Waals surface area contributed by atoms with Crippen molar-refractivity contribution >= 4 is 49.7 Å². The van der Waals surface area contributed by atoms with Gasteiger partial charge in [-0.1, -0.05) is 28.6 Å². The fourth-order valence-corrected chi connectivity index (χ4v) is 4.65. The molecule has 33 heavy (non-hydrogen) atoms. The number of amides is 1. The first kappa shape index (κ1) is 20.2. The van der Waals surface area contributed by atoms with Crippen LogP contribution >= 0.6 is 11.3 Å². The molecule has 1 amide bonds. The van der Waals surface area contributed by atoms with Gasteiger partial charge in [0.05, 0.1) is 25.6 Å². The zero-order valence-corrected chi connectivity index (χ0v) is 17.2. The van der Waals surface area contributed by atoms with Crippen LogP contribution in [0.15, 0.2) is 59.8 Å². The van der Waals surface area contributed by atoms with Crippen LogP contribution in [0.4, 0.5) is 16.5 Å². The SMILES string of the molecule is O=C(Nc1nc2ccccc2s1)c1cc([N+](=O)[O-])cc2c1-c1ccc([N+](=O)[O-])cc1/C2=N/O. The molecule has 0 saturated heterocycles. The summed E-state index contributed by atoms with van der Waals surface area (Å²) in [5, 5.41) is 38.5. The minimum Gasteiger partial charge on any atom is -0.410 e. The lowest BCUT2D eigenvalue weighted by Gasteiger charge is -2.09. The van der Waals surface area contributed by atoms with E-state index >= 15 is 0 Å². The van der Waals surface area contributed by atoms with Gasteiger partial charge in [-0.25, -0.2) is 4.98 Å². The Morgan fingerprint density at radius 3 is 2.39 bits per heavy atom. The number of carbonyl (C=O) groups excluding carboxylic acids is 1. The Labute approximate surface area is 187 Å². The molecular weight excluding hydrogens is 450 g/mol. The van der Waals surface area contributed by atoms with E-state index in [1.807, 2.05) is 18.2 Å². The normalized spacial score (nSPS) is 13.0. The Bertz CT molecular complexity index is 1510. The molecule has 0 unspecified atom stereocenters. The van der Waals surface area contributed by atoms with E-state index in [2.05, 4.69) is 15.5 Å². The molecule has 1 aliphatic rings. The van der Waals surface area contributed by atoms with E-state index in [0.29, 0.717) is 16.2 Å². The Balaban J connectivity index is 1.67. The number of oxime groups is 1. The highest BCUT2D eigenvalue weighted by atomic mass is 32.1. The van der Waals surface area contributed by atoms with Crippen LogP contribution in [0.1, 0.15) is 21.5 Å². The molecule has 0 bridgehead atoms. The Kier molecular flexibility index (Phi) is 4.57. The van der Waals surface area contributed by atoms with Crippen molar-refractivity contribution in [2.75, 3.05) is 5.32 Å². The zero-order chi connectivity index (χ0) is 23.3. The van der Waals surface area contributed by atoms with E-state index in [4.69, 9.17) is 0 Å². The largest absolute Gasteiger partial charge is 0.410 e. The quantitative estimate of drug-likeness (QED) is 0.225. The third-order valence-electron chi connectivity index (χ3n) is 5.19. The van der Waals surface area contributed by atoms with Gasteiger partial charge in [0.2, 0.25) is 0 Å². The molecule has 12 heteroatoms. The average Bonchev–Trinajstić information content (AvgIpc) is 3.35. The molecule has 0 atom stereocenters. The van der Waals surface area contributed by atoms with Crippen molar-refractivity contribution < 1.29 is 19.8 Å². The van der Waals surface area contributed by atoms with Gasteiger partial charge in [-0.05, 0) is 23.8 Å². The summed E-state index contributed by atoms with van der Waals surface area (Å²) in [7, 11) is 0. The number of fused-ring (bicyclic) bond motifs is 4. The lowest BCUT2D eigenvalue weighted by molar-refractivity contribution is -0.385. The van der Waals surface area contributed by atoms with Crippen LogP contribution in [0.3, 0.4) is 0 Å². The van der Waals surface area contributed by atoms with Crippen molar-refractivity contribution in [1.82, 2.24) is 4.98 Å². The fourth-order valence-electron chi connectivity index (χ4n) is 3.79. The molecule has 1 aromatic heterocycles. The van der Waals surface area contributed by atoms with Crippen molar-refractivity contribution in [3.63, 3.8) is 0 Å². The predicted molar refractivity (Wildman–Crippen MR) is 120 cm³/mol. The molecule has 4 aromatic rings. The number of aromatic nitrogens is 1. The maximum absolute atomic E-state index is 13.2. The van der Waals surface area contributed by atoms with E-state index < -0.39 is 21.4 Å². The first-order chi connectivity index (χ1) is 15.9. The number of thiazole rings is 1. The van der Waals surface area contributed by atoms with Crippen molar-refractivity contribution in [2.24, 2.45) is 5.16 Å². The molecule has 0 saturated carbocycles. The third-order valence-corrected chi connectivity index (χ3v) is 6.14. The Hall–Kier alpha value is -4.71. The van der Waals surface area contributed by atoms with Gasteiger partial charge in [0.25, 0.3) is 17.3 Å². The standard InChI is InChI=1S/C21H11N5O6S/c27-20(23-21-22-16-3-1-2-4-17(16)33-21)15-9-11(26(31)32)8-14-18(15)12-6-5-10(25(29)30)7-13(12)19(14)24-28/h1-9,28H,(H,22,23,27)/b24-19-. The number of nitro benzene ring substituents is 2. The van der Waals surface area contributed by atoms with Gasteiger partial charge in [0.1, 0.15) is 5.71 Å². The van der Waals surface area contributed by atoms with Gasteiger partial charge in [-0.15, -0.1) is 0 Å². The van der Waals surface area contributed by atoms with Crippen molar-refractivity contribution in [3.8, 4) is 11.1 Å². The highest BCUT2D eigenvalue weighted by molar-refractivity contribution is 7.22.